The van der Waals surface area contributed by atoms with E-state index in [1.54, 1.807) is 0 Å². The van der Waals surface area contributed by atoms with Gasteiger partial charge in [0.25, 0.3) is 0 Å². The van der Waals surface area contributed by atoms with Gasteiger partial charge in [0.2, 0.25) is 5.95 Å². The Bertz CT molecular complexity index is 449. The molecule has 0 aromatic carbocycles. The fraction of sp³-hybridized carbons (Fsp3) is 0.273. The molecule has 1 unspecified atom stereocenters. The molecular weight excluding hydrogens is 188 g/mol. The predicted octanol–water partition coefficient (Wildman–Crippen LogP) is 1.83. The van der Waals surface area contributed by atoms with Crippen LogP contribution in [0.4, 0.5) is 5.95 Å². The Morgan fingerprint density at radius 3 is 3.13 bits per heavy atom. The summed E-state index contributed by atoms with van der Waals surface area (Å²) in [7, 11) is 0. The molecule has 2 aromatic rings. The van der Waals surface area contributed by atoms with Crippen LogP contribution in [0.15, 0.2) is 36.8 Å². The van der Waals surface area contributed by atoms with E-state index in [4.69, 9.17) is 0 Å². The average Bonchev–Trinajstić information content (AvgIpc) is 2.77. The van der Waals surface area contributed by atoms with E-state index in [9.17, 15) is 0 Å². The smallest absolute Gasteiger partial charge is 0.203 e. The molecule has 2 aromatic heterocycles. The molecule has 4 heteroatoms. The van der Waals surface area contributed by atoms with Gasteiger partial charge in [0, 0.05) is 25.1 Å². The molecule has 0 aliphatic carbocycles. The number of rotatable bonds is 1. The first kappa shape index (κ1) is 8.47. The molecule has 1 atom stereocenters. The largest absolute Gasteiger partial charge is 0.347 e. The van der Waals surface area contributed by atoms with E-state index in [0.717, 1.165) is 24.6 Å². The molecule has 3 heterocycles. The maximum absolute atomic E-state index is 4.36. The summed E-state index contributed by atoms with van der Waals surface area (Å²) in [6, 6.07) is 6.30. The van der Waals surface area contributed by atoms with Gasteiger partial charge in [-0.15, -0.1) is 0 Å². The van der Waals surface area contributed by atoms with Gasteiger partial charge >= 0.3 is 0 Å². The maximum atomic E-state index is 4.36. The van der Waals surface area contributed by atoms with E-state index in [1.807, 2.05) is 30.7 Å². The molecule has 0 spiro atoms. The summed E-state index contributed by atoms with van der Waals surface area (Å²) in [5.74, 6) is 0.942. The lowest BCUT2D eigenvalue weighted by molar-refractivity contribution is 0.534. The first-order valence-corrected chi connectivity index (χ1v) is 5.12. The third-order valence-electron chi connectivity index (χ3n) is 2.72. The summed E-state index contributed by atoms with van der Waals surface area (Å²) in [5.41, 5.74) is 1.09. The maximum Gasteiger partial charge on any atom is 0.203 e. The van der Waals surface area contributed by atoms with Crippen LogP contribution >= 0.6 is 0 Å². The van der Waals surface area contributed by atoms with Gasteiger partial charge in [0.1, 0.15) is 0 Å². The highest BCUT2D eigenvalue weighted by molar-refractivity contribution is 5.32. The van der Waals surface area contributed by atoms with Gasteiger partial charge in [0.05, 0.1) is 11.7 Å². The SMILES string of the molecule is c1ccc(C2CCn3ccnc3N2)nc1. The quantitative estimate of drug-likeness (QED) is 0.763. The van der Waals surface area contributed by atoms with Crippen LogP contribution in [-0.2, 0) is 6.54 Å². The minimum atomic E-state index is 0.293. The monoisotopic (exact) mass is 200 g/mol. The summed E-state index contributed by atoms with van der Waals surface area (Å²) in [6.07, 6.45) is 6.71. The first-order chi connectivity index (χ1) is 7.43. The second-order valence-corrected chi connectivity index (χ2v) is 3.68. The molecule has 76 valence electrons. The second kappa shape index (κ2) is 3.38. The predicted molar refractivity (Wildman–Crippen MR) is 57.4 cm³/mol. The summed E-state index contributed by atoms with van der Waals surface area (Å²) >= 11 is 0. The number of pyridine rings is 1. The van der Waals surface area contributed by atoms with Crippen LogP contribution in [0.2, 0.25) is 0 Å². The molecular formula is C11H12N4. The molecule has 15 heavy (non-hydrogen) atoms. The Labute approximate surface area is 88.0 Å². The fourth-order valence-corrected chi connectivity index (χ4v) is 1.93. The van der Waals surface area contributed by atoms with E-state index in [0.29, 0.717) is 6.04 Å². The number of fused-ring (bicyclic) bond motifs is 1. The van der Waals surface area contributed by atoms with Crippen LogP contribution in [0.25, 0.3) is 0 Å². The summed E-state index contributed by atoms with van der Waals surface area (Å²) in [5, 5.41) is 3.38. The lowest BCUT2D eigenvalue weighted by Gasteiger charge is -2.24. The Morgan fingerprint density at radius 2 is 2.27 bits per heavy atom. The zero-order valence-corrected chi connectivity index (χ0v) is 8.30. The van der Waals surface area contributed by atoms with Gasteiger partial charge in [-0.2, -0.15) is 0 Å². The van der Waals surface area contributed by atoms with Crippen molar-refractivity contribution in [3.8, 4) is 0 Å². The molecule has 0 saturated heterocycles. The van der Waals surface area contributed by atoms with E-state index < -0.39 is 0 Å². The van der Waals surface area contributed by atoms with Gasteiger partial charge in [-0.25, -0.2) is 4.98 Å². The highest BCUT2D eigenvalue weighted by Crippen LogP contribution is 2.25. The van der Waals surface area contributed by atoms with E-state index in [2.05, 4.69) is 25.9 Å². The number of imidazole rings is 1. The molecule has 4 nitrogen and oxygen atoms in total. The number of hydrogen-bond donors (Lipinski definition) is 1. The van der Waals surface area contributed by atoms with Crippen molar-refractivity contribution in [3.63, 3.8) is 0 Å². The fourth-order valence-electron chi connectivity index (χ4n) is 1.93. The number of hydrogen-bond acceptors (Lipinski definition) is 3. The van der Waals surface area contributed by atoms with Crippen LogP contribution in [0.5, 0.6) is 0 Å². The van der Waals surface area contributed by atoms with Gasteiger partial charge in [-0.3, -0.25) is 4.98 Å². The zero-order chi connectivity index (χ0) is 10.1. The van der Waals surface area contributed by atoms with Crippen LogP contribution in [0.1, 0.15) is 18.2 Å². The molecule has 3 rings (SSSR count). The zero-order valence-electron chi connectivity index (χ0n) is 8.30. The minimum Gasteiger partial charge on any atom is -0.347 e. The number of nitrogens with zero attached hydrogens (tertiary/aromatic N) is 3. The molecule has 0 fully saturated rings. The second-order valence-electron chi connectivity index (χ2n) is 3.68. The molecule has 1 aliphatic rings. The van der Waals surface area contributed by atoms with Crippen molar-refractivity contribution in [1.82, 2.24) is 14.5 Å². The van der Waals surface area contributed by atoms with Crippen LogP contribution in [0.3, 0.4) is 0 Å². The topological polar surface area (TPSA) is 42.7 Å². The normalized spacial score (nSPS) is 19.3. The molecule has 1 N–H and O–H groups in total. The van der Waals surface area contributed by atoms with E-state index in [-0.39, 0.29) is 0 Å². The number of aryl methyl sites for hydroxylation is 1. The molecule has 0 amide bonds. The Kier molecular flexibility index (Phi) is 1.91. The van der Waals surface area contributed by atoms with Crippen molar-refractivity contribution in [2.24, 2.45) is 0 Å². The third kappa shape index (κ3) is 1.48. The molecule has 0 radical (unpaired) electrons. The van der Waals surface area contributed by atoms with Crippen molar-refractivity contribution in [2.45, 2.75) is 19.0 Å². The van der Waals surface area contributed by atoms with Crippen LogP contribution in [-0.4, -0.2) is 14.5 Å². The van der Waals surface area contributed by atoms with Gasteiger partial charge in [-0.05, 0) is 18.6 Å². The standard InChI is InChI=1S/C11H12N4/c1-2-5-12-9(3-1)10-4-7-15-8-6-13-11(15)14-10/h1-3,5-6,8,10H,4,7H2,(H,13,14). The van der Waals surface area contributed by atoms with E-state index in [1.165, 1.54) is 0 Å². The van der Waals surface area contributed by atoms with Gasteiger partial charge < -0.3 is 9.88 Å². The highest BCUT2D eigenvalue weighted by atomic mass is 15.2. The molecule has 1 aliphatic heterocycles. The van der Waals surface area contributed by atoms with Crippen LogP contribution < -0.4 is 5.32 Å². The van der Waals surface area contributed by atoms with Gasteiger partial charge in [-0.1, -0.05) is 6.07 Å². The molecule has 0 bridgehead atoms. The lowest BCUT2D eigenvalue weighted by atomic mass is 10.1. The Balaban J connectivity index is 1.88. The summed E-state index contributed by atoms with van der Waals surface area (Å²) in [4.78, 5) is 8.62. The Morgan fingerprint density at radius 1 is 1.27 bits per heavy atom. The van der Waals surface area contributed by atoms with Crippen molar-refractivity contribution < 1.29 is 0 Å². The number of nitrogens with one attached hydrogen (secondary N) is 1. The van der Waals surface area contributed by atoms with Crippen molar-refractivity contribution in [1.29, 1.82) is 0 Å². The number of aromatic nitrogens is 3. The van der Waals surface area contributed by atoms with Crippen molar-refractivity contribution >= 4 is 5.95 Å². The Hall–Kier alpha value is -1.84. The number of anilines is 1. The summed E-state index contributed by atoms with van der Waals surface area (Å²) < 4.78 is 2.12. The third-order valence-corrected chi connectivity index (χ3v) is 2.72. The lowest BCUT2D eigenvalue weighted by Crippen LogP contribution is -2.22. The van der Waals surface area contributed by atoms with Crippen molar-refractivity contribution in [2.75, 3.05) is 5.32 Å². The van der Waals surface area contributed by atoms with Gasteiger partial charge in [0.15, 0.2) is 0 Å². The minimum absolute atomic E-state index is 0.293. The summed E-state index contributed by atoms with van der Waals surface area (Å²) in [6.45, 7) is 1.00. The first-order valence-electron chi connectivity index (χ1n) is 5.12. The highest BCUT2D eigenvalue weighted by Gasteiger charge is 2.19. The average molecular weight is 200 g/mol. The molecule has 0 saturated carbocycles. The van der Waals surface area contributed by atoms with E-state index >= 15 is 0 Å². The van der Waals surface area contributed by atoms with Crippen LogP contribution in [0, 0.1) is 0 Å². The van der Waals surface area contributed by atoms with Crippen molar-refractivity contribution in [3.05, 3.63) is 42.5 Å².